The lowest BCUT2D eigenvalue weighted by Crippen LogP contribution is -2.54. The smallest absolute Gasteiger partial charge is 0.222 e. The molecule has 2 saturated heterocycles. The van der Waals surface area contributed by atoms with Gasteiger partial charge < -0.3 is 10.2 Å². The third kappa shape index (κ3) is 4.78. The molecule has 1 atom stereocenters. The molecule has 3 heterocycles. The second kappa shape index (κ2) is 8.13. The van der Waals surface area contributed by atoms with Crippen LogP contribution in [0.25, 0.3) is 0 Å². The van der Waals surface area contributed by atoms with Crippen LogP contribution in [0.1, 0.15) is 57.4 Å². The summed E-state index contributed by atoms with van der Waals surface area (Å²) in [4.78, 5) is 26.0. The normalized spacial score (nSPS) is 26.6. The number of nitrogens with zero attached hydrogens (tertiary/aromatic N) is 4. The number of carbonyl (C=O) groups is 1. The van der Waals surface area contributed by atoms with Gasteiger partial charge in [-0.05, 0) is 51.0 Å². The Morgan fingerprint density at radius 2 is 2.04 bits per heavy atom. The van der Waals surface area contributed by atoms with Gasteiger partial charge in [0.15, 0.2) is 0 Å². The number of piperidine rings is 2. The van der Waals surface area contributed by atoms with E-state index < -0.39 is 0 Å². The highest BCUT2D eigenvalue weighted by atomic mass is 16.2. The zero-order chi connectivity index (χ0) is 18.7. The van der Waals surface area contributed by atoms with Crippen LogP contribution in [0.5, 0.6) is 0 Å². The summed E-state index contributed by atoms with van der Waals surface area (Å²) in [6.45, 7) is 8.15. The van der Waals surface area contributed by atoms with Gasteiger partial charge in [0, 0.05) is 62.5 Å². The lowest BCUT2D eigenvalue weighted by molar-refractivity contribution is -0.139. The second-order valence-corrected chi connectivity index (χ2v) is 8.87. The van der Waals surface area contributed by atoms with Gasteiger partial charge in [0.05, 0.1) is 0 Å². The fraction of sp³-hybridized carbons (Fsp3) is 0.762. The summed E-state index contributed by atoms with van der Waals surface area (Å²) in [7, 11) is 0. The lowest BCUT2D eigenvalue weighted by atomic mass is 9.73. The van der Waals surface area contributed by atoms with Crippen LogP contribution in [-0.4, -0.2) is 58.4 Å². The highest BCUT2D eigenvalue weighted by molar-refractivity contribution is 5.77. The summed E-state index contributed by atoms with van der Waals surface area (Å²) in [5, 5.41) is 3.23. The maximum absolute atomic E-state index is 12.4. The van der Waals surface area contributed by atoms with Crippen molar-refractivity contribution >= 4 is 11.9 Å². The number of anilines is 1. The van der Waals surface area contributed by atoms with E-state index in [0.717, 1.165) is 70.4 Å². The van der Waals surface area contributed by atoms with E-state index in [1.54, 1.807) is 0 Å². The second-order valence-electron chi connectivity index (χ2n) is 8.87. The first-order valence-electron chi connectivity index (χ1n) is 10.7. The van der Waals surface area contributed by atoms with Gasteiger partial charge in [-0.3, -0.25) is 9.69 Å². The summed E-state index contributed by atoms with van der Waals surface area (Å²) >= 11 is 0. The van der Waals surface area contributed by atoms with Crippen LogP contribution in [0.3, 0.4) is 0 Å². The van der Waals surface area contributed by atoms with Crippen molar-refractivity contribution in [1.29, 1.82) is 0 Å². The van der Waals surface area contributed by atoms with Crippen LogP contribution in [0.2, 0.25) is 0 Å². The van der Waals surface area contributed by atoms with Crippen LogP contribution < -0.4 is 5.32 Å². The first-order chi connectivity index (χ1) is 13.2. The molecule has 3 fully saturated rings. The molecular formula is C21H33N5O. The summed E-state index contributed by atoms with van der Waals surface area (Å²) in [5.41, 5.74) is 1.47. The Kier molecular flexibility index (Phi) is 5.62. The van der Waals surface area contributed by atoms with Crippen molar-refractivity contribution < 1.29 is 4.79 Å². The predicted octanol–water partition coefficient (Wildman–Crippen LogP) is 2.91. The topological polar surface area (TPSA) is 61.4 Å². The van der Waals surface area contributed by atoms with E-state index in [4.69, 9.17) is 0 Å². The van der Waals surface area contributed by atoms with Crippen LogP contribution in [-0.2, 0) is 11.3 Å². The fourth-order valence-electron chi connectivity index (χ4n) is 4.68. The van der Waals surface area contributed by atoms with E-state index >= 15 is 0 Å². The van der Waals surface area contributed by atoms with Crippen LogP contribution in [0.4, 0.5) is 5.95 Å². The number of likely N-dealkylation sites (tertiary alicyclic amines) is 2. The molecule has 148 valence electrons. The summed E-state index contributed by atoms with van der Waals surface area (Å²) in [6, 6.07) is 0. The molecule has 1 aromatic rings. The standard InChI is InChI=1S/C21H33N5O/c1-2-9-22-20-23-11-18(12-24-20)13-25-10-3-7-21(15-25)8-6-19(27)26(16-21)14-17-4-5-17/h11-12,17H,2-10,13-16H2,1H3,(H,22,23,24)/t21-/m0/s1. The zero-order valence-corrected chi connectivity index (χ0v) is 16.6. The third-order valence-corrected chi connectivity index (χ3v) is 6.31. The van der Waals surface area contributed by atoms with Crippen molar-refractivity contribution in [3.63, 3.8) is 0 Å². The Balaban J connectivity index is 1.35. The number of carbonyl (C=O) groups excluding carboxylic acids is 1. The Bertz CT molecular complexity index is 644. The van der Waals surface area contributed by atoms with Gasteiger partial charge in [0.1, 0.15) is 0 Å². The van der Waals surface area contributed by atoms with Crippen molar-refractivity contribution in [2.45, 2.75) is 58.4 Å². The molecule has 1 aliphatic carbocycles. The molecule has 1 amide bonds. The molecule has 0 unspecified atom stereocenters. The van der Waals surface area contributed by atoms with E-state index in [1.807, 2.05) is 12.4 Å². The molecule has 27 heavy (non-hydrogen) atoms. The van der Waals surface area contributed by atoms with Crippen molar-refractivity contribution in [3.05, 3.63) is 18.0 Å². The Morgan fingerprint density at radius 3 is 2.78 bits per heavy atom. The Labute approximate surface area is 162 Å². The van der Waals surface area contributed by atoms with Crippen molar-refractivity contribution in [3.8, 4) is 0 Å². The molecule has 1 spiro atoms. The monoisotopic (exact) mass is 371 g/mol. The molecule has 2 aliphatic heterocycles. The van der Waals surface area contributed by atoms with E-state index in [1.165, 1.54) is 31.2 Å². The van der Waals surface area contributed by atoms with Gasteiger partial charge in [-0.25, -0.2) is 9.97 Å². The molecular weight excluding hydrogens is 338 g/mol. The fourth-order valence-corrected chi connectivity index (χ4v) is 4.68. The largest absolute Gasteiger partial charge is 0.354 e. The molecule has 6 nitrogen and oxygen atoms in total. The Hall–Kier alpha value is -1.69. The minimum Gasteiger partial charge on any atom is -0.354 e. The van der Waals surface area contributed by atoms with Crippen LogP contribution >= 0.6 is 0 Å². The van der Waals surface area contributed by atoms with Crippen molar-refractivity contribution in [2.75, 3.05) is 38.0 Å². The minimum atomic E-state index is 0.296. The number of hydrogen-bond acceptors (Lipinski definition) is 5. The van der Waals surface area contributed by atoms with E-state index in [2.05, 4.69) is 32.0 Å². The molecule has 1 saturated carbocycles. The van der Waals surface area contributed by atoms with E-state index in [0.29, 0.717) is 11.3 Å². The van der Waals surface area contributed by atoms with Gasteiger partial charge in [-0.1, -0.05) is 6.92 Å². The van der Waals surface area contributed by atoms with Gasteiger partial charge in [0.25, 0.3) is 0 Å². The number of hydrogen-bond donors (Lipinski definition) is 1. The summed E-state index contributed by atoms with van der Waals surface area (Å²) in [6.07, 6.45) is 11.9. The molecule has 0 aromatic carbocycles. The first-order valence-corrected chi connectivity index (χ1v) is 10.7. The molecule has 3 aliphatic rings. The first kappa shape index (κ1) is 18.7. The minimum absolute atomic E-state index is 0.296. The molecule has 1 aromatic heterocycles. The number of aromatic nitrogens is 2. The molecule has 1 N–H and O–H groups in total. The highest BCUT2D eigenvalue weighted by Gasteiger charge is 2.42. The molecule has 4 rings (SSSR count). The summed E-state index contributed by atoms with van der Waals surface area (Å²) in [5.74, 6) is 1.88. The van der Waals surface area contributed by atoms with Gasteiger partial charge in [-0.15, -0.1) is 0 Å². The Morgan fingerprint density at radius 1 is 1.22 bits per heavy atom. The third-order valence-electron chi connectivity index (χ3n) is 6.31. The van der Waals surface area contributed by atoms with Gasteiger partial charge in [0.2, 0.25) is 11.9 Å². The number of amides is 1. The van der Waals surface area contributed by atoms with Crippen molar-refractivity contribution in [1.82, 2.24) is 19.8 Å². The molecule has 0 radical (unpaired) electrons. The maximum atomic E-state index is 12.4. The average molecular weight is 372 g/mol. The number of rotatable bonds is 7. The predicted molar refractivity (Wildman–Crippen MR) is 106 cm³/mol. The zero-order valence-electron chi connectivity index (χ0n) is 16.6. The van der Waals surface area contributed by atoms with Crippen LogP contribution in [0, 0.1) is 11.3 Å². The molecule has 0 bridgehead atoms. The summed E-state index contributed by atoms with van der Waals surface area (Å²) < 4.78 is 0. The number of nitrogens with one attached hydrogen (secondary N) is 1. The SMILES string of the molecule is CCCNc1ncc(CN2CCC[C@]3(CCC(=O)N(CC4CC4)C3)C2)cn1. The van der Waals surface area contributed by atoms with Gasteiger partial charge in [-0.2, -0.15) is 0 Å². The van der Waals surface area contributed by atoms with E-state index in [-0.39, 0.29) is 0 Å². The van der Waals surface area contributed by atoms with Gasteiger partial charge >= 0.3 is 0 Å². The molecule has 6 heteroatoms. The van der Waals surface area contributed by atoms with Crippen LogP contribution in [0.15, 0.2) is 12.4 Å². The van der Waals surface area contributed by atoms with Crippen molar-refractivity contribution in [2.24, 2.45) is 11.3 Å². The van der Waals surface area contributed by atoms with E-state index in [9.17, 15) is 4.79 Å². The average Bonchev–Trinajstić information content (AvgIpc) is 3.49. The highest BCUT2D eigenvalue weighted by Crippen LogP contribution is 2.40. The lowest BCUT2D eigenvalue weighted by Gasteiger charge is -2.48. The quantitative estimate of drug-likeness (QED) is 0.798. The maximum Gasteiger partial charge on any atom is 0.222 e.